The average molecular weight is 416 g/mol. The SMILES string of the molecule is COc1ccc(Cl)cc1CN1CCN(C(C)C(=O)N(C)Cc2ccccc2)CC1. The predicted octanol–water partition coefficient (Wildman–Crippen LogP) is 3.51. The van der Waals surface area contributed by atoms with Gasteiger partial charge in [-0.1, -0.05) is 41.9 Å². The number of carbonyl (C=O) groups excluding carboxylic acids is 1. The molecule has 2 aromatic carbocycles. The Morgan fingerprint density at radius 2 is 1.83 bits per heavy atom. The minimum absolute atomic E-state index is 0.119. The number of rotatable bonds is 7. The van der Waals surface area contributed by atoms with Crippen LogP contribution in [0.15, 0.2) is 48.5 Å². The molecule has 1 saturated heterocycles. The number of carbonyl (C=O) groups is 1. The molecule has 1 atom stereocenters. The third-order valence-corrected chi connectivity index (χ3v) is 5.82. The maximum absolute atomic E-state index is 12.9. The van der Waals surface area contributed by atoms with E-state index in [4.69, 9.17) is 16.3 Å². The zero-order valence-corrected chi connectivity index (χ0v) is 18.2. The first-order chi connectivity index (χ1) is 14.0. The summed E-state index contributed by atoms with van der Waals surface area (Å²) in [5.41, 5.74) is 2.25. The number of likely N-dealkylation sites (N-methyl/N-ethyl adjacent to an activating group) is 1. The second-order valence-electron chi connectivity index (χ2n) is 7.62. The summed E-state index contributed by atoms with van der Waals surface area (Å²) in [6.07, 6.45) is 0. The molecule has 1 aliphatic heterocycles. The van der Waals surface area contributed by atoms with Crippen molar-refractivity contribution in [1.82, 2.24) is 14.7 Å². The summed E-state index contributed by atoms with van der Waals surface area (Å²) < 4.78 is 5.46. The summed E-state index contributed by atoms with van der Waals surface area (Å²) in [7, 11) is 3.57. The van der Waals surface area contributed by atoms with Gasteiger partial charge in [-0.2, -0.15) is 0 Å². The summed E-state index contributed by atoms with van der Waals surface area (Å²) in [5, 5.41) is 0.722. The zero-order chi connectivity index (χ0) is 20.8. The Morgan fingerprint density at radius 1 is 1.14 bits per heavy atom. The van der Waals surface area contributed by atoms with Gasteiger partial charge < -0.3 is 9.64 Å². The van der Waals surface area contributed by atoms with Gasteiger partial charge in [0.1, 0.15) is 5.75 Å². The van der Waals surface area contributed by atoms with Gasteiger partial charge in [0.15, 0.2) is 0 Å². The first kappa shape index (κ1) is 21.6. The lowest BCUT2D eigenvalue weighted by Crippen LogP contribution is -2.53. The fourth-order valence-electron chi connectivity index (χ4n) is 3.83. The number of halogens is 1. The monoisotopic (exact) mass is 415 g/mol. The number of nitrogens with zero attached hydrogens (tertiary/aromatic N) is 3. The van der Waals surface area contributed by atoms with E-state index in [9.17, 15) is 4.79 Å². The topological polar surface area (TPSA) is 36.0 Å². The zero-order valence-electron chi connectivity index (χ0n) is 17.5. The van der Waals surface area contributed by atoms with Crippen LogP contribution < -0.4 is 4.74 Å². The van der Waals surface area contributed by atoms with Crippen molar-refractivity contribution in [2.24, 2.45) is 0 Å². The molecule has 1 unspecified atom stereocenters. The van der Waals surface area contributed by atoms with Crippen molar-refractivity contribution >= 4 is 17.5 Å². The molecule has 1 heterocycles. The lowest BCUT2D eigenvalue weighted by molar-refractivity contribution is -0.136. The molecule has 5 nitrogen and oxygen atoms in total. The van der Waals surface area contributed by atoms with Crippen LogP contribution >= 0.6 is 11.6 Å². The molecule has 1 amide bonds. The van der Waals surface area contributed by atoms with Gasteiger partial charge in [-0.15, -0.1) is 0 Å². The van der Waals surface area contributed by atoms with Gasteiger partial charge in [-0.25, -0.2) is 0 Å². The van der Waals surface area contributed by atoms with Crippen LogP contribution in [0.1, 0.15) is 18.1 Å². The van der Waals surface area contributed by atoms with Crippen molar-refractivity contribution < 1.29 is 9.53 Å². The molecule has 2 aromatic rings. The maximum Gasteiger partial charge on any atom is 0.239 e. The fourth-order valence-corrected chi connectivity index (χ4v) is 4.03. The molecular weight excluding hydrogens is 386 g/mol. The lowest BCUT2D eigenvalue weighted by Gasteiger charge is -2.38. The van der Waals surface area contributed by atoms with E-state index >= 15 is 0 Å². The highest BCUT2D eigenvalue weighted by Crippen LogP contribution is 2.24. The molecule has 6 heteroatoms. The van der Waals surface area contributed by atoms with Gasteiger partial charge in [0, 0.05) is 56.9 Å². The van der Waals surface area contributed by atoms with Crippen LogP contribution in [0.25, 0.3) is 0 Å². The van der Waals surface area contributed by atoms with E-state index < -0.39 is 0 Å². The van der Waals surface area contributed by atoms with Gasteiger partial charge in [-0.05, 0) is 30.7 Å². The van der Waals surface area contributed by atoms with Gasteiger partial charge >= 0.3 is 0 Å². The molecule has 0 aromatic heterocycles. The standard InChI is InChI=1S/C23H30ClN3O2/c1-18(23(28)25(2)16-19-7-5-4-6-8-19)27-13-11-26(12-14-27)17-20-15-21(24)9-10-22(20)29-3/h4-10,15,18H,11-14,16-17H2,1-3H3. The Balaban J connectivity index is 1.52. The van der Waals surface area contributed by atoms with Crippen molar-refractivity contribution in [3.05, 3.63) is 64.7 Å². The third-order valence-electron chi connectivity index (χ3n) is 5.59. The Hall–Kier alpha value is -2.08. The number of methoxy groups -OCH3 is 1. The van der Waals surface area contributed by atoms with Crippen molar-refractivity contribution in [3.8, 4) is 5.75 Å². The van der Waals surface area contributed by atoms with Crippen LogP contribution in [0.3, 0.4) is 0 Å². The average Bonchev–Trinajstić information content (AvgIpc) is 2.74. The Bertz CT molecular complexity index is 807. The molecule has 1 aliphatic rings. The Labute approximate surface area is 178 Å². The van der Waals surface area contributed by atoms with Crippen molar-refractivity contribution in [1.29, 1.82) is 0 Å². The normalized spacial score (nSPS) is 16.4. The summed E-state index contributed by atoms with van der Waals surface area (Å²) in [4.78, 5) is 19.4. The molecule has 1 fully saturated rings. The van der Waals surface area contributed by atoms with E-state index in [1.54, 1.807) is 7.11 Å². The molecule has 156 valence electrons. The van der Waals surface area contributed by atoms with Crippen LogP contribution in [0.4, 0.5) is 0 Å². The highest BCUT2D eigenvalue weighted by molar-refractivity contribution is 6.30. The largest absolute Gasteiger partial charge is 0.496 e. The van der Waals surface area contributed by atoms with E-state index in [0.29, 0.717) is 6.54 Å². The minimum Gasteiger partial charge on any atom is -0.496 e. The van der Waals surface area contributed by atoms with Gasteiger partial charge in [-0.3, -0.25) is 14.6 Å². The Kier molecular flexibility index (Phi) is 7.53. The van der Waals surface area contributed by atoms with Crippen LogP contribution in [-0.4, -0.2) is 67.0 Å². The van der Waals surface area contributed by atoms with E-state index in [1.807, 2.05) is 55.3 Å². The van der Waals surface area contributed by atoms with E-state index in [0.717, 1.165) is 54.6 Å². The third kappa shape index (κ3) is 5.72. The van der Waals surface area contributed by atoms with Crippen molar-refractivity contribution in [2.75, 3.05) is 40.3 Å². The molecular formula is C23H30ClN3O2. The van der Waals surface area contributed by atoms with Crippen LogP contribution in [-0.2, 0) is 17.9 Å². The van der Waals surface area contributed by atoms with E-state index in [-0.39, 0.29) is 11.9 Å². The Morgan fingerprint density at radius 3 is 2.48 bits per heavy atom. The van der Waals surface area contributed by atoms with E-state index in [2.05, 4.69) is 21.9 Å². The number of ether oxygens (including phenoxy) is 1. The number of hydrogen-bond acceptors (Lipinski definition) is 4. The van der Waals surface area contributed by atoms with Gasteiger partial charge in [0.05, 0.1) is 13.2 Å². The number of amides is 1. The second-order valence-corrected chi connectivity index (χ2v) is 8.06. The molecule has 0 saturated carbocycles. The molecule has 0 N–H and O–H groups in total. The maximum atomic E-state index is 12.9. The predicted molar refractivity (Wildman–Crippen MR) is 117 cm³/mol. The van der Waals surface area contributed by atoms with Crippen molar-refractivity contribution in [2.45, 2.75) is 26.1 Å². The van der Waals surface area contributed by atoms with Gasteiger partial charge in [0.25, 0.3) is 0 Å². The summed E-state index contributed by atoms with van der Waals surface area (Å²) in [6, 6.07) is 15.7. The highest BCUT2D eigenvalue weighted by Gasteiger charge is 2.27. The van der Waals surface area contributed by atoms with Gasteiger partial charge in [0.2, 0.25) is 5.91 Å². The van der Waals surface area contributed by atoms with E-state index in [1.165, 1.54) is 0 Å². The van der Waals surface area contributed by atoms with Crippen LogP contribution in [0, 0.1) is 0 Å². The summed E-state index contributed by atoms with van der Waals surface area (Å²) >= 11 is 6.15. The van der Waals surface area contributed by atoms with Crippen molar-refractivity contribution in [3.63, 3.8) is 0 Å². The smallest absolute Gasteiger partial charge is 0.239 e. The molecule has 0 spiro atoms. The number of piperazine rings is 1. The molecule has 3 rings (SSSR count). The first-order valence-corrected chi connectivity index (χ1v) is 10.4. The molecule has 0 aliphatic carbocycles. The number of benzene rings is 2. The molecule has 0 bridgehead atoms. The molecule has 29 heavy (non-hydrogen) atoms. The lowest BCUT2D eigenvalue weighted by atomic mass is 10.1. The summed E-state index contributed by atoms with van der Waals surface area (Å²) in [6.45, 7) is 7.02. The molecule has 0 radical (unpaired) electrons. The highest BCUT2D eigenvalue weighted by atomic mass is 35.5. The minimum atomic E-state index is -0.119. The summed E-state index contributed by atoms with van der Waals surface area (Å²) in [5.74, 6) is 1.03. The first-order valence-electron chi connectivity index (χ1n) is 10.1. The fraction of sp³-hybridized carbons (Fsp3) is 0.435. The quantitative estimate of drug-likeness (QED) is 0.693. The number of hydrogen-bond donors (Lipinski definition) is 0. The second kappa shape index (κ2) is 10.1. The van der Waals surface area contributed by atoms with Crippen LogP contribution in [0.2, 0.25) is 5.02 Å². The van der Waals surface area contributed by atoms with Crippen LogP contribution in [0.5, 0.6) is 5.75 Å².